The third-order valence-corrected chi connectivity index (χ3v) is 13.8. The van der Waals surface area contributed by atoms with Gasteiger partial charge in [-0.3, -0.25) is 18.6 Å². The van der Waals surface area contributed by atoms with Crippen molar-refractivity contribution in [1.82, 2.24) is 5.32 Å². The minimum Gasteiger partial charge on any atom is -0.456 e. The number of hydrogen-bond donors (Lipinski definition) is 2. The number of phosphoric ester groups is 1. The van der Waals surface area contributed by atoms with Crippen LogP contribution in [-0.4, -0.2) is 74.3 Å². The first kappa shape index (κ1) is 70.9. The van der Waals surface area contributed by atoms with Crippen LogP contribution in [0.15, 0.2) is 97.2 Å². The molecule has 3 unspecified atom stereocenters. The number of ether oxygens (including phenoxy) is 1. The zero-order valence-corrected chi connectivity index (χ0v) is 49.4. The van der Waals surface area contributed by atoms with Gasteiger partial charge in [-0.25, -0.2) is 4.57 Å². The Labute approximate surface area is 456 Å². The van der Waals surface area contributed by atoms with Gasteiger partial charge in [-0.1, -0.05) is 227 Å². The predicted octanol–water partition coefficient (Wildman–Crippen LogP) is 18.4. The summed E-state index contributed by atoms with van der Waals surface area (Å²) in [5.74, 6) is -0.577. The van der Waals surface area contributed by atoms with Gasteiger partial charge in [-0.05, 0) is 102 Å². The lowest BCUT2D eigenvalue weighted by atomic mass is 10.0. The van der Waals surface area contributed by atoms with Crippen LogP contribution in [0.25, 0.3) is 0 Å². The molecule has 0 fully saturated rings. The van der Waals surface area contributed by atoms with Gasteiger partial charge in [0.25, 0.3) is 0 Å². The second-order valence-electron chi connectivity index (χ2n) is 21.2. The number of quaternary nitrogens is 1. The number of unbranched alkanes of at least 4 members (excludes halogenated alkanes) is 24. The molecule has 0 aliphatic carbocycles. The minimum absolute atomic E-state index is 0.0252. The Kier molecular flexibility index (Phi) is 51.1. The zero-order chi connectivity index (χ0) is 54.3. The molecule has 0 aliphatic heterocycles. The maximum atomic E-state index is 13.5. The van der Waals surface area contributed by atoms with Gasteiger partial charge in [0.05, 0.1) is 33.8 Å². The molecular weight excluding hydrogens is 940 g/mol. The first-order valence-electron chi connectivity index (χ1n) is 30.1. The SMILES string of the molecule is CC/C=C\C/C=C\C/C=C\C/C=C\C/C=C\CCCCCC(=O)OC(/C=C/CCCCCCCCCCCCC)C(COP(=O)(O)OCC[N+](C)(C)C)NC(=O)CCCCC/C=C/C=C/CCCCCCCCC. The first-order valence-corrected chi connectivity index (χ1v) is 31.6. The molecule has 426 valence electrons. The molecule has 2 N–H and O–H groups in total. The van der Waals surface area contributed by atoms with E-state index in [0.29, 0.717) is 23.9 Å². The Hall–Kier alpha value is -3.07. The van der Waals surface area contributed by atoms with Gasteiger partial charge in [0, 0.05) is 12.8 Å². The fourth-order valence-corrected chi connectivity index (χ4v) is 8.87. The highest BCUT2D eigenvalue weighted by molar-refractivity contribution is 7.47. The van der Waals surface area contributed by atoms with Crippen molar-refractivity contribution in [1.29, 1.82) is 0 Å². The molecule has 0 aromatic rings. The molecule has 9 nitrogen and oxygen atoms in total. The van der Waals surface area contributed by atoms with E-state index >= 15 is 0 Å². The monoisotopic (exact) mass is 1050 g/mol. The van der Waals surface area contributed by atoms with Crippen LogP contribution in [0.4, 0.5) is 0 Å². The van der Waals surface area contributed by atoms with Gasteiger partial charge in [0.1, 0.15) is 19.3 Å². The number of carbonyl (C=O) groups is 2. The average Bonchev–Trinajstić information content (AvgIpc) is 3.36. The van der Waals surface area contributed by atoms with Crippen molar-refractivity contribution in [3.63, 3.8) is 0 Å². The largest absolute Gasteiger partial charge is 0.472 e. The standard InChI is InChI=1S/C64H113N2O7P/c1-7-10-13-16-19-22-25-28-30-32-33-34-36-39-42-45-48-51-54-57-64(68)73-62(55-52-49-46-43-40-37-27-24-21-18-15-12-9-3)61(60-72-74(69,70)71-59-58-66(4,5)6)65-63(67)56-53-50-47-44-41-38-35-31-29-26-23-20-17-14-11-8-2/h10,13,19,22,28,30-31,33-35,38-39,41-42,52,55,61-62H,7-9,11-12,14-18,20-21,23-27,29,32,36-37,40,43-51,53-54,56-60H2,1-6H3,(H-,65,67,69,70)/p+1/b13-10-,22-19-,30-28-,34-33-,35-31+,41-38+,42-39-,55-52+. The number of phosphoric acid groups is 1. The topological polar surface area (TPSA) is 111 Å². The first-order chi connectivity index (χ1) is 35.9. The van der Waals surface area contributed by atoms with Crippen molar-refractivity contribution in [2.45, 2.75) is 258 Å². The molecule has 0 saturated carbocycles. The van der Waals surface area contributed by atoms with E-state index in [-0.39, 0.29) is 37.9 Å². The molecule has 0 radical (unpaired) electrons. The summed E-state index contributed by atoms with van der Waals surface area (Å²) < 4.78 is 30.6. The molecule has 0 rings (SSSR count). The molecule has 0 spiro atoms. The fraction of sp³-hybridized carbons (Fsp3) is 0.719. The Morgan fingerprint density at radius 3 is 1.38 bits per heavy atom. The van der Waals surface area contributed by atoms with Crippen molar-refractivity contribution in [3.8, 4) is 0 Å². The number of carbonyl (C=O) groups excluding carboxylic acids is 2. The van der Waals surface area contributed by atoms with E-state index in [1.165, 1.54) is 103 Å². The number of allylic oxidation sites excluding steroid dienone is 15. The van der Waals surface area contributed by atoms with Crippen molar-refractivity contribution in [2.75, 3.05) is 40.9 Å². The second-order valence-corrected chi connectivity index (χ2v) is 22.6. The summed E-state index contributed by atoms with van der Waals surface area (Å²) in [6, 6.07) is -0.881. The summed E-state index contributed by atoms with van der Waals surface area (Å²) in [6.07, 6.45) is 71.2. The minimum atomic E-state index is -4.47. The van der Waals surface area contributed by atoms with Crippen molar-refractivity contribution in [3.05, 3.63) is 97.2 Å². The highest BCUT2D eigenvalue weighted by atomic mass is 31.2. The molecule has 0 aromatic carbocycles. The quantitative estimate of drug-likeness (QED) is 0.0156. The third-order valence-electron chi connectivity index (χ3n) is 12.8. The van der Waals surface area contributed by atoms with Gasteiger partial charge >= 0.3 is 13.8 Å². The number of nitrogens with zero attached hydrogens (tertiary/aromatic N) is 1. The van der Waals surface area contributed by atoms with Crippen LogP contribution in [0.5, 0.6) is 0 Å². The van der Waals surface area contributed by atoms with E-state index in [1.54, 1.807) is 0 Å². The van der Waals surface area contributed by atoms with Crippen LogP contribution < -0.4 is 5.32 Å². The Morgan fingerprint density at radius 2 is 0.905 bits per heavy atom. The number of rotatable bonds is 53. The predicted molar refractivity (Wildman–Crippen MR) is 318 cm³/mol. The lowest BCUT2D eigenvalue weighted by Crippen LogP contribution is -2.47. The van der Waals surface area contributed by atoms with Crippen LogP contribution in [0.1, 0.15) is 245 Å². The van der Waals surface area contributed by atoms with Gasteiger partial charge in [-0.15, -0.1) is 0 Å². The molecule has 0 bridgehead atoms. The van der Waals surface area contributed by atoms with Crippen LogP contribution in [0, 0.1) is 0 Å². The van der Waals surface area contributed by atoms with Gasteiger partial charge in [0.2, 0.25) is 5.91 Å². The maximum absolute atomic E-state index is 13.5. The summed E-state index contributed by atoms with van der Waals surface area (Å²) in [7, 11) is 1.45. The van der Waals surface area contributed by atoms with E-state index in [2.05, 4.69) is 111 Å². The molecule has 0 heterocycles. The van der Waals surface area contributed by atoms with Crippen LogP contribution in [-0.2, 0) is 27.9 Å². The maximum Gasteiger partial charge on any atom is 0.472 e. The van der Waals surface area contributed by atoms with E-state index in [0.717, 1.165) is 96.3 Å². The van der Waals surface area contributed by atoms with E-state index in [4.69, 9.17) is 13.8 Å². The van der Waals surface area contributed by atoms with E-state index < -0.39 is 20.0 Å². The summed E-state index contributed by atoms with van der Waals surface area (Å²) in [6.45, 7) is 6.84. The highest BCUT2D eigenvalue weighted by Crippen LogP contribution is 2.43. The van der Waals surface area contributed by atoms with Gasteiger partial charge < -0.3 is 19.4 Å². The van der Waals surface area contributed by atoms with Crippen molar-refractivity contribution >= 4 is 19.7 Å². The molecule has 1 amide bonds. The van der Waals surface area contributed by atoms with Crippen LogP contribution >= 0.6 is 7.82 Å². The smallest absolute Gasteiger partial charge is 0.456 e. The average molecular weight is 1050 g/mol. The molecule has 0 saturated heterocycles. The summed E-state index contributed by atoms with van der Waals surface area (Å²) >= 11 is 0. The lowest BCUT2D eigenvalue weighted by molar-refractivity contribution is -0.870. The summed E-state index contributed by atoms with van der Waals surface area (Å²) in [5, 5.41) is 3.03. The summed E-state index contributed by atoms with van der Waals surface area (Å²) in [5.41, 5.74) is 0. The molecular formula is C64H114N2O7P+. The molecule has 0 aliphatic rings. The second kappa shape index (κ2) is 53.3. The highest BCUT2D eigenvalue weighted by Gasteiger charge is 2.30. The van der Waals surface area contributed by atoms with Crippen molar-refractivity contribution in [2.24, 2.45) is 0 Å². The Morgan fingerprint density at radius 1 is 0.500 bits per heavy atom. The number of esters is 1. The normalized spacial score (nSPS) is 14.4. The van der Waals surface area contributed by atoms with E-state index in [9.17, 15) is 19.0 Å². The molecule has 0 aromatic heterocycles. The number of likely N-dealkylation sites (N-methyl/N-ethyl adjacent to an activating group) is 1. The lowest BCUT2D eigenvalue weighted by Gasteiger charge is -2.27. The summed E-state index contributed by atoms with van der Waals surface area (Å²) in [4.78, 5) is 37.7. The molecule has 74 heavy (non-hydrogen) atoms. The van der Waals surface area contributed by atoms with Gasteiger partial charge in [-0.2, -0.15) is 0 Å². The fourth-order valence-electron chi connectivity index (χ4n) is 8.13. The Balaban J connectivity index is 5.45. The molecule has 3 atom stereocenters. The third kappa shape index (κ3) is 53.7. The van der Waals surface area contributed by atoms with Gasteiger partial charge in [0.15, 0.2) is 0 Å². The van der Waals surface area contributed by atoms with Crippen molar-refractivity contribution < 1.29 is 37.3 Å². The van der Waals surface area contributed by atoms with E-state index in [1.807, 2.05) is 33.3 Å². The number of hydrogen-bond acceptors (Lipinski definition) is 6. The van der Waals surface area contributed by atoms with Crippen LogP contribution in [0.3, 0.4) is 0 Å². The zero-order valence-electron chi connectivity index (χ0n) is 48.6. The number of nitrogens with one attached hydrogen (secondary N) is 1. The van der Waals surface area contributed by atoms with Crippen LogP contribution in [0.2, 0.25) is 0 Å². The number of amides is 1. The Bertz CT molecular complexity index is 1590. The molecule has 10 heteroatoms.